The Kier molecular flexibility index (Phi) is 17.9. The molecule has 0 aliphatic rings. The van der Waals surface area contributed by atoms with Gasteiger partial charge in [-0.3, -0.25) is 18.2 Å². The van der Waals surface area contributed by atoms with Crippen LogP contribution in [0.4, 0.5) is 0 Å². The Bertz CT molecular complexity index is 580. The molecule has 144 valence electrons. The van der Waals surface area contributed by atoms with E-state index in [0.29, 0.717) is 0 Å². The molecule has 15 heteroatoms. The molecular formula is C9H19NO11S3. The van der Waals surface area contributed by atoms with Crippen molar-refractivity contribution in [2.24, 2.45) is 0 Å². The van der Waals surface area contributed by atoms with Crippen molar-refractivity contribution in [2.45, 2.75) is 26.3 Å². The molecule has 0 aromatic carbocycles. The first-order chi connectivity index (χ1) is 10.7. The molecule has 0 saturated carbocycles. The van der Waals surface area contributed by atoms with Crippen molar-refractivity contribution in [3.63, 3.8) is 0 Å². The molecular weight excluding hydrogens is 394 g/mol. The minimum Gasteiger partial charge on any atom is -0.750 e. The second-order valence-electron chi connectivity index (χ2n) is 3.58. The zero-order valence-electron chi connectivity index (χ0n) is 12.4. The molecule has 0 fully saturated rings. The molecule has 12 nitrogen and oxygen atoms in total. The topological polar surface area (TPSA) is 213 Å². The molecule has 1 atom stereocenters. The number of hydrogen-bond donors (Lipinski definition) is 5. The van der Waals surface area contributed by atoms with Crippen LogP contribution in [0.15, 0.2) is 30.6 Å². The van der Waals surface area contributed by atoms with E-state index in [1.165, 1.54) is 12.8 Å². The Balaban J connectivity index is -0.000000270. The van der Waals surface area contributed by atoms with Gasteiger partial charge in [-0.1, -0.05) is 19.4 Å². The van der Waals surface area contributed by atoms with E-state index in [1.54, 1.807) is 0 Å². The molecule has 0 radical (unpaired) electrons. The number of aryl methyl sites for hydroxylation is 1. The van der Waals surface area contributed by atoms with Crippen LogP contribution < -0.4 is 4.57 Å². The third-order valence-corrected chi connectivity index (χ3v) is 1.55. The van der Waals surface area contributed by atoms with Crippen LogP contribution in [0.3, 0.4) is 0 Å². The normalized spacial score (nSPS) is 11.5. The van der Waals surface area contributed by atoms with Crippen molar-refractivity contribution in [3.8, 4) is 0 Å². The van der Waals surface area contributed by atoms with Crippen LogP contribution in [0.2, 0.25) is 0 Å². The van der Waals surface area contributed by atoms with Gasteiger partial charge >= 0.3 is 20.8 Å². The van der Waals surface area contributed by atoms with Crippen molar-refractivity contribution in [1.82, 2.24) is 0 Å². The summed E-state index contributed by atoms with van der Waals surface area (Å²) >= 11 is -2.86. The molecule has 1 unspecified atom stereocenters. The highest BCUT2D eigenvalue weighted by Crippen LogP contribution is 1.85. The van der Waals surface area contributed by atoms with Gasteiger partial charge in [0.2, 0.25) is 0 Å². The van der Waals surface area contributed by atoms with Gasteiger partial charge in [0.25, 0.3) is 0 Å². The molecule has 24 heavy (non-hydrogen) atoms. The highest BCUT2D eigenvalue weighted by Gasteiger charge is 1.93. The van der Waals surface area contributed by atoms with E-state index in [9.17, 15) is 0 Å². The van der Waals surface area contributed by atoms with Gasteiger partial charge in [0.05, 0.1) is 11.4 Å². The second kappa shape index (κ2) is 15.5. The van der Waals surface area contributed by atoms with Crippen LogP contribution >= 0.6 is 0 Å². The molecule has 1 rings (SSSR count). The van der Waals surface area contributed by atoms with E-state index >= 15 is 0 Å². The molecule has 0 aliphatic carbocycles. The van der Waals surface area contributed by atoms with Crippen molar-refractivity contribution in [3.05, 3.63) is 30.6 Å². The van der Waals surface area contributed by atoms with Crippen molar-refractivity contribution >= 4 is 32.2 Å². The lowest BCUT2D eigenvalue weighted by Gasteiger charge is -1.91. The summed E-state index contributed by atoms with van der Waals surface area (Å²) in [5, 5.41) is 0. The van der Waals surface area contributed by atoms with Crippen LogP contribution in [0.1, 0.15) is 19.8 Å². The number of unbranched alkanes of at least 4 members (excludes halogenated alkanes) is 1. The summed E-state index contributed by atoms with van der Waals surface area (Å²) in [6.07, 6.45) is 6.75. The average Bonchev–Trinajstić information content (AvgIpc) is 2.33. The van der Waals surface area contributed by atoms with Gasteiger partial charge in [-0.2, -0.15) is 16.8 Å². The van der Waals surface area contributed by atoms with Crippen molar-refractivity contribution in [2.75, 3.05) is 0 Å². The Morgan fingerprint density at radius 1 is 0.958 bits per heavy atom. The second-order valence-corrected chi connectivity index (χ2v) is 5.81. The monoisotopic (exact) mass is 413 g/mol. The Morgan fingerprint density at radius 2 is 1.25 bits per heavy atom. The first kappa shape index (κ1) is 27.8. The first-order valence-corrected chi connectivity index (χ1v) is 9.61. The lowest BCUT2D eigenvalue weighted by Crippen LogP contribution is -2.31. The third-order valence-electron chi connectivity index (χ3n) is 1.55. The largest absolute Gasteiger partial charge is 0.750 e. The first-order valence-electron chi connectivity index (χ1n) is 5.79. The smallest absolute Gasteiger partial charge is 0.394 e. The molecule has 1 heterocycles. The SMILES string of the molecule is CCCC[n+]1ccccc1.O=S(=O)(O)O.O=S(=O)(O)O.O=S([O-])O. The van der Waals surface area contributed by atoms with Gasteiger partial charge in [-0.15, -0.1) is 0 Å². The Labute approximate surface area is 142 Å². The molecule has 0 saturated heterocycles. The summed E-state index contributed by atoms with van der Waals surface area (Å²) in [4.78, 5) is 0. The van der Waals surface area contributed by atoms with Gasteiger partial charge in [-0.05, 0) is 0 Å². The van der Waals surface area contributed by atoms with Gasteiger partial charge in [0.1, 0.15) is 6.54 Å². The Morgan fingerprint density at radius 3 is 1.50 bits per heavy atom. The number of hydrogen-bond acceptors (Lipinski definition) is 6. The van der Waals surface area contributed by atoms with Gasteiger partial charge < -0.3 is 9.11 Å². The minimum atomic E-state index is -4.67. The van der Waals surface area contributed by atoms with Crippen LogP contribution in [-0.2, 0) is 38.7 Å². The van der Waals surface area contributed by atoms with Crippen LogP contribution in [0, 0.1) is 0 Å². The summed E-state index contributed by atoms with van der Waals surface area (Å²) in [6, 6.07) is 6.17. The standard InChI is InChI=1S/C9H14N.2H2O4S.H2O3S/c1-2-3-7-10-8-5-4-6-9-10;2*1-5(2,3)4;1-4(2)3/h4-6,8-9H,2-3,7H2,1H3;2*(H2,1,2,3,4);(H2,1,2,3)/q+1;;;/p-1. The number of pyridine rings is 1. The zero-order valence-corrected chi connectivity index (χ0v) is 14.8. The van der Waals surface area contributed by atoms with Crippen molar-refractivity contribution in [1.29, 1.82) is 0 Å². The lowest BCUT2D eigenvalue weighted by atomic mass is 10.3. The van der Waals surface area contributed by atoms with Gasteiger partial charge in [0.15, 0.2) is 12.4 Å². The van der Waals surface area contributed by atoms with E-state index in [0.717, 1.165) is 6.54 Å². The zero-order chi connectivity index (χ0) is 19.8. The molecule has 1 aromatic rings. The minimum absolute atomic E-state index is 1.15. The highest BCUT2D eigenvalue weighted by atomic mass is 32.3. The highest BCUT2D eigenvalue weighted by molar-refractivity contribution is 7.80. The van der Waals surface area contributed by atoms with Gasteiger partial charge in [0, 0.05) is 18.6 Å². The average molecular weight is 413 g/mol. The molecule has 0 spiro atoms. The van der Waals surface area contributed by atoms with Crippen molar-refractivity contribution < 1.29 is 52.9 Å². The van der Waals surface area contributed by atoms with Crippen LogP contribution in [0.25, 0.3) is 0 Å². The lowest BCUT2D eigenvalue weighted by molar-refractivity contribution is -0.697. The number of nitrogens with zero attached hydrogens (tertiary/aromatic N) is 1. The number of rotatable bonds is 3. The van der Waals surface area contributed by atoms with E-state index in [2.05, 4.69) is 36.0 Å². The summed E-state index contributed by atoms with van der Waals surface area (Å²) in [6.45, 7) is 3.36. The maximum Gasteiger partial charge on any atom is 0.394 e. The van der Waals surface area contributed by atoms with E-state index in [-0.39, 0.29) is 0 Å². The quantitative estimate of drug-likeness (QED) is 0.248. The maximum absolute atomic E-state index is 8.74. The third kappa shape index (κ3) is 69.5. The van der Waals surface area contributed by atoms with E-state index < -0.39 is 32.2 Å². The summed E-state index contributed by atoms with van der Waals surface area (Å²) in [7, 11) is -9.33. The van der Waals surface area contributed by atoms with Crippen LogP contribution in [0.5, 0.6) is 0 Å². The molecule has 0 bridgehead atoms. The maximum atomic E-state index is 8.74. The summed E-state index contributed by atoms with van der Waals surface area (Å²) in [5.41, 5.74) is 0. The van der Waals surface area contributed by atoms with E-state index in [1.807, 2.05) is 6.07 Å². The molecule has 0 amide bonds. The molecule has 0 aliphatic heterocycles. The fourth-order valence-electron chi connectivity index (χ4n) is 0.924. The fourth-order valence-corrected chi connectivity index (χ4v) is 0.924. The summed E-state index contributed by atoms with van der Waals surface area (Å²) in [5.74, 6) is 0. The van der Waals surface area contributed by atoms with Crippen LogP contribution in [-0.4, -0.2) is 48.4 Å². The number of aromatic nitrogens is 1. The molecule has 1 aromatic heterocycles. The Hall–Kier alpha value is -1.04. The summed E-state index contributed by atoms with van der Waals surface area (Å²) < 4.78 is 89.5. The van der Waals surface area contributed by atoms with Gasteiger partial charge in [-0.25, -0.2) is 8.78 Å². The predicted molar refractivity (Wildman–Crippen MR) is 81.4 cm³/mol. The fraction of sp³-hybridized carbons (Fsp3) is 0.444. The van der Waals surface area contributed by atoms with E-state index in [4.69, 9.17) is 48.4 Å². The predicted octanol–water partition coefficient (Wildman–Crippen LogP) is -0.193. The molecule has 5 N–H and O–H groups in total.